The minimum atomic E-state index is -0.584. The van der Waals surface area contributed by atoms with E-state index in [0.717, 1.165) is 11.1 Å². The molecule has 1 amide bonds. The summed E-state index contributed by atoms with van der Waals surface area (Å²) in [5.41, 5.74) is 2.54. The van der Waals surface area contributed by atoms with Gasteiger partial charge in [0.15, 0.2) is 6.61 Å². The molecule has 0 aliphatic rings. The van der Waals surface area contributed by atoms with Crippen LogP contribution in [-0.2, 0) is 9.53 Å². The van der Waals surface area contributed by atoms with Crippen LogP contribution in [0.15, 0.2) is 30.3 Å². The maximum Gasteiger partial charge on any atom is 0.341 e. The van der Waals surface area contributed by atoms with Crippen molar-refractivity contribution in [1.82, 2.24) is 0 Å². The summed E-state index contributed by atoms with van der Waals surface area (Å²) in [7, 11) is 2.67. The Kier molecular flexibility index (Phi) is 6.46. The quantitative estimate of drug-likeness (QED) is 0.776. The van der Waals surface area contributed by atoms with E-state index in [2.05, 4.69) is 10.1 Å². The molecule has 0 saturated carbocycles. The van der Waals surface area contributed by atoms with Crippen LogP contribution in [0.4, 0.5) is 5.69 Å². The number of hydrogen-bond donors (Lipinski definition) is 1. The Morgan fingerprint density at radius 2 is 1.81 bits per heavy atom. The summed E-state index contributed by atoms with van der Waals surface area (Å²) >= 11 is 6.14. The molecule has 0 atom stereocenters. The van der Waals surface area contributed by atoms with Gasteiger partial charge < -0.3 is 19.5 Å². The van der Waals surface area contributed by atoms with Gasteiger partial charge in [0.1, 0.15) is 17.1 Å². The van der Waals surface area contributed by atoms with E-state index in [4.69, 9.17) is 21.1 Å². The normalized spacial score (nSPS) is 10.2. The Labute approximate surface area is 157 Å². The van der Waals surface area contributed by atoms with Gasteiger partial charge in [-0.2, -0.15) is 0 Å². The second-order valence-corrected chi connectivity index (χ2v) is 6.04. The number of ether oxygens (including phenoxy) is 3. The predicted octanol–water partition coefficient (Wildman–Crippen LogP) is 3.77. The minimum absolute atomic E-state index is 0.171. The first-order valence-electron chi connectivity index (χ1n) is 7.81. The Balaban J connectivity index is 2.09. The predicted molar refractivity (Wildman–Crippen MR) is 99.4 cm³/mol. The lowest BCUT2D eigenvalue weighted by atomic mass is 10.1. The van der Waals surface area contributed by atoms with Crippen molar-refractivity contribution in [3.8, 4) is 11.5 Å². The molecule has 0 aliphatic carbocycles. The molecule has 0 aromatic heterocycles. The molecule has 6 nitrogen and oxygen atoms in total. The molecule has 26 heavy (non-hydrogen) atoms. The Morgan fingerprint density at radius 3 is 2.42 bits per heavy atom. The first kappa shape index (κ1) is 19.6. The molecule has 0 fully saturated rings. The Bertz CT molecular complexity index is 835. The van der Waals surface area contributed by atoms with E-state index in [1.807, 2.05) is 32.0 Å². The molecule has 1 N–H and O–H groups in total. The highest BCUT2D eigenvalue weighted by atomic mass is 35.5. The third kappa shape index (κ3) is 4.67. The highest BCUT2D eigenvalue weighted by Gasteiger charge is 2.17. The van der Waals surface area contributed by atoms with Crippen molar-refractivity contribution < 1.29 is 23.8 Å². The summed E-state index contributed by atoms with van der Waals surface area (Å²) in [6.45, 7) is 3.71. The largest absolute Gasteiger partial charge is 0.496 e. The zero-order chi connectivity index (χ0) is 19.3. The number of amides is 1. The number of anilines is 1. The number of nitrogens with one attached hydrogen (secondary N) is 1. The zero-order valence-corrected chi connectivity index (χ0v) is 15.8. The summed E-state index contributed by atoms with van der Waals surface area (Å²) in [6, 6.07) is 8.55. The summed E-state index contributed by atoms with van der Waals surface area (Å²) < 4.78 is 15.4. The van der Waals surface area contributed by atoms with Crippen LogP contribution in [0.1, 0.15) is 21.5 Å². The van der Waals surface area contributed by atoms with Crippen LogP contribution >= 0.6 is 11.6 Å². The van der Waals surface area contributed by atoms with E-state index in [1.165, 1.54) is 26.4 Å². The average molecular weight is 378 g/mol. The molecule has 0 aliphatic heterocycles. The number of methoxy groups -OCH3 is 2. The standard InChI is InChI=1S/C19H20ClNO5/c1-11-5-6-16(12(2)7-11)26-10-18(22)21-15-9-17(24-3)13(8-14(15)20)19(23)25-4/h5-9H,10H2,1-4H3,(H,21,22). The average Bonchev–Trinajstić information content (AvgIpc) is 2.61. The molecule has 0 radical (unpaired) electrons. The Hall–Kier alpha value is -2.73. The maximum absolute atomic E-state index is 12.2. The van der Waals surface area contributed by atoms with Gasteiger partial charge in [0.05, 0.1) is 24.9 Å². The first-order chi connectivity index (χ1) is 12.3. The SMILES string of the molecule is COC(=O)c1cc(Cl)c(NC(=O)COc2ccc(C)cc2C)cc1OC. The number of hydrogen-bond acceptors (Lipinski definition) is 5. The van der Waals surface area contributed by atoms with Gasteiger partial charge in [0.2, 0.25) is 0 Å². The van der Waals surface area contributed by atoms with E-state index < -0.39 is 5.97 Å². The molecule has 0 saturated heterocycles. The van der Waals surface area contributed by atoms with E-state index in [9.17, 15) is 9.59 Å². The maximum atomic E-state index is 12.2. The van der Waals surface area contributed by atoms with Crippen molar-refractivity contribution in [1.29, 1.82) is 0 Å². The monoisotopic (exact) mass is 377 g/mol. The molecule has 2 aromatic carbocycles. The fraction of sp³-hybridized carbons (Fsp3) is 0.263. The number of carbonyl (C=O) groups is 2. The summed E-state index contributed by atoms with van der Waals surface area (Å²) in [6.07, 6.45) is 0. The summed E-state index contributed by atoms with van der Waals surface area (Å²) in [4.78, 5) is 23.9. The fourth-order valence-electron chi connectivity index (χ4n) is 2.38. The number of esters is 1. The first-order valence-corrected chi connectivity index (χ1v) is 8.19. The fourth-order valence-corrected chi connectivity index (χ4v) is 2.59. The van der Waals surface area contributed by atoms with Gasteiger partial charge in [-0.05, 0) is 31.5 Å². The van der Waals surface area contributed by atoms with E-state index in [0.29, 0.717) is 11.4 Å². The van der Waals surface area contributed by atoms with Gasteiger partial charge in [-0.3, -0.25) is 4.79 Å². The third-order valence-electron chi connectivity index (χ3n) is 3.66. The molecule has 7 heteroatoms. The molecule has 2 rings (SSSR count). The van der Waals surface area contributed by atoms with Gasteiger partial charge >= 0.3 is 5.97 Å². The van der Waals surface area contributed by atoms with Crippen molar-refractivity contribution >= 4 is 29.2 Å². The van der Waals surface area contributed by atoms with Crippen LogP contribution in [0, 0.1) is 13.8 Å². The Morgan fingerprint density at radius 1 is 1.08 bits per heavy atom. The number of carbonyl (C=O) groups excluding carboxylic acids is 2. The number of aryl methyl sites for hydroxylation is 2. The lowest BCUT2D eigenvalue weighted by molar-refractivity contribution is -0.118. The summed E-state index contributed by atoms with van der Waals surface area (Å²) in [5, 5.41) is 2.83. The molecule has 0 unspecified atom stereocenters. The topological polar surface area (TPSA) is 73.9 Å². The van der Waals surface area contributed by atoms with Crippen molar-refractivity contribution in [3.05, 3.63) is 52.0 Å². The molecular weight excluding hydrogens is 358 g/mol. The van der Waals surface area contributed by atoms with E-state index in [-0.39, 0.29) is 28.8 Å². The highest BCUT2D eigenvalue weighted by molar-refractivity contribution is 6.34. The van der Waals surface area contributed by atoms with Gasteiger partial charge in [-0.25, -0.2) is 4.79 Å². The second kappa shape index (κ2) is 8.58. The molecular formula is C19H20ClNO5. The minimum Gasteiger partial charge on any atom is -0.496 e. The van der Waals surface area contributed by atoms with Gasteiger partial charge in [-0.1, -0.05) is 29.3 Å². The molecule has 138 valence electrons. The number of halogens is 1. The summed E-state index contributed by atoms with van der Waals surface area (Å²) in [5.74, 6) is -0.0955. The van der Waals surface area contributed by atoms with Crippen molar-refractivity contribution in [2.24, 2.45) is 0 Å². The second-order valence-electron chi connectivity index (χ2n) is 5.63. The highest BCUT2D eigenvalue weighted by Crippen LogP contribution is 2.31. The zero-order valence-electron chi connectivity index (χ0n) is 15.0. The molecule has 0 spiro atoms. The molecule has 0 heterocycles. The third-order valence-corrected chi connectivity index (χ3v) is 3.97. The van der Waals surface area contributed by atoms with Crippen LogP contribution in [0.25, 0.3) is 0 Å². The lowest BCUT2D eigenvalue weighted by Gasteiger charge is -2.13. The van der Waals surface area contributed by atoms with E-state index >= 15 is 0 Å². The number of rotatable bonds is 6. The number of benzene rings is 2. The van der Waals surface area contributed by atoms with Gasteiger partial charge in [-0.15, -0.1) is 0 Å². The van der Waals surface area contributed by atoms with Gasteiger partial charge in [0.25, 0.3) is 5.91 Å². The molecule has 2 aromatic rings. The van der Waals surface area contributed by atoms with Crippen LogP contribution < -0.4 is 14.8 Å². The molecule has 0 bridgehead atoms. The van der Waals surface area contributed by atoms with Crippen molar-refractivity contribution in [2.75, 3.05) is 26.1 Å². The van der Waals surface area contributed by atoms with Crippen LogP contribution in [0.5, 0.6) is 11.5 Å². The van der Waals surface area contributed by atoms with Crippen molar-refractivity contribution in [3.63, 3.8) is 0 Å². The van der Waals surface area contributed by atoms with Crippen LogP contribution in [0.3, 0.4) is 0 Å². The van der Waals surface area contributed by atoms with Crippen LogP contribution in [0.2, 0.25) is 5.02 Å². The van der Waals surface area contributed by atoms with Gasteiger partial charge in [0, 0.05) is 6.07 Å². The van der Waals surface area contributed by atoms with E-state index in [1.54, 1.807) is 0 Å². The van der Waals surface area contributed by atoms with Crippen LogP contribution in [-0.4, -0.2) is 32.7 Å². The smallest absolute Gasteiger partial charge is 0.341 e. The lowest BCUT2D eigenvalue weighted by Crippen LogP contribution is -2.21. The van der Waals surface area contributed by atoms with Crippen molar-refractivity contribution in [2.45, 2.75) is 13.8 Å².